The molecule has 0 aliphatic rings. The van der Waals surface area contributed by atoms with Crippen molar-refractivity contribution < 1.29 is 5.11 Å². The number of aliphatic hydroxyl groups excluding tert-OH is 1. The fourth-order valence-corrected chi connectivity index (χ4v) is 2.27. The Hall–Kier alpha value is -1.80. The Kier molecular flexibility index (Phi) is 4.58. The normalized spacial score (nSPS) is 13.8. The lowest BCUT2D eigenvalue weighted by molar-refractivity contribution is 0.262. The molecule has 0 saturated heterocycles. The number of nitrogens with one attached hydrogen (secondary N) is 1. The van der Waals surface area contributed by atoms with Crippen LogP contribution in [0, 0.1) is 6.92 Å². The van der Waals surface area contributed by atoms with Gasteiger partial charge in [0.25, 0.3) is 0 Å². The van der Waals surface area contributed by atoms with Gasteiger partial charge in [-0.3, -0.25) is 0 Å². The Morgan fingerprint density at radius 3 is 2.42 bits per heavy atom. The summed E-state index contributed by atoms with van der Waals surface area (Å²) in [4.78, 5) is 0. The highest BCUT2D eigenvalue weighted by Gasteiger charge is 2.17. The Morgan fingerprint density at radius 1 is 1.05 bits per heavy atom. The molecule has 0 fully saturated rings. The summed E-state index contributed by atoms with van der Waals surface area (Å²) in [5.41, 5.74) is 3.51. The average molecular weight is 255 g/mol. The van der Waals surface area contributed by atoms with Crippen LogP contribution in [0.25, 0.3) is 0 Å². The van der Waals surface area contributed by atoms with Crippen molar-refractivity contribution in [3.63, 3.8) is 0 Å². The Morgan fingerprint density at radius 2 is 1.79 bits per heavy atom. The minimum atomic E-state index is 0.0178. The van der Waals surface area contributed by atoms with Gasteiger partial charge in [-0.1, -0.05) is 49.4 Å². The van der Waals surface area contributed by atoms with Crippen molar-refractivity contribution in [2.45, 2.75) is 25.8 Å². The van der Waals surface area contributed by atoms with Crippen LogP contribution in [0.4, 0.5) is 5.69 Å². The number of hydrogen-bond acceptors (Lipinski definition) is 2. The molecular formula is C17H21NO. The van der Waals surface area contributed by atoms with Gasteiger partial charge in [0.05, 0.1) is 12.6 Å². The van der Waals surface area contributed by atoms with Crippen LogP contribution in [-0.2, 0) is 0 Å². The number of rotatable bonds is 5. The maximum atomic E-state index is 9.63. The molecule has 0 aliphatic heterocycles. The summed E-state index contributed by atoms with van der Waals surface area (Å²) in [5.74, 6) is 0.256. The Bertz CT molecular complexity index is 510. The molecule has 2 unspecified atom stereocenters. The number of aryl methyl sites for hydroxylation is 1. The third-order valence-corrected chi connectivity index (χ3v) is 3.50. The molecule has 0 radical (unpaired) electrons. The van der Waals surface area contributed by atoms with Gasteiger partial charge in [0, 0.05) is 11.6 Å². The van der Waals surface area contributed by atoms with Crippen LogP contribution in [0.5, 0.6) is 0 Å². The summed E-state index contributed by atoms with van der Waals surface area (Å²) in [6, 6.07) is 18.5. The lowest BCUT2D eigenvalue weighted by Crippen LogP contribution is -2.29. The maximum Gasteiger partial charge on any atom is 0.0638 e. The van der Waals surface area contributed by atoms with Crippen molar-refractivity contribution in [3.05, 3.63) is 65.7 Å². The van der Waals surface area contributed by atoms with E-state index in [0.717, 1.165) is 5.69 Å². The minimum absolute atomic E-state index is 0.0178. The molecular weight excluding hydrogens is 234 g/mol. The van der Waals surface area contributed by atoms with Gasteiger partial charge in [-0.25, -0.2) is 0 Å². The van der Waals surface area contributed by atoms with Crippen LogP contribution in [0.15, 0.2) is 54.6 Å². The topological polar surface area (TPSA) is 32.3 Å². The van der Waals surface area contributed by atoms with E-state index in [9.17, 15) is 5.11 Å². The highest BCUT2D eigenvalue weighted by atomic mass is 16.3. The number of anilines is 1. The van der Waals surface area contributed by atoms with Crippen LogP contribution in [-0.4, -0.2) is 17.8 Å². The van der Waals surface area contributed by atoms with E-state index in [-0.39, 0.29) is 18.6 Å². The third-order valence-electron chi connectivity index (χ3n) is 3.50. The molecule has 2 nitrogen and oxygen atoms in total. The smallest absolute Gasteiger partial charge is 0.0638 e. The first kappa shape index (κ1) is 13.6. The molecule has 2 heteroatoms. The highest BCUT2D eigenvalue weighted by Crippen LogP contribution is 2.22. The fraction of sp³-hybridized carbons (Fsp3) is 0.294. The van der Waals surface area contributed by atoms with Gasteiger partial charge in [-0.05, 0) is 30.2 Å². The zero-order chi connectivity index (χ0) is 13.7. The van der Waals surface area contributed by atoms with Crippen molar-refractivity contribution in [3.8, 4) is 0 Å². The first-order valence-electron chi connectivity index (χ1n) is 6.69. The van der Waals surface area contributed by atoms with Crippen LogP contribution in [0.1, 0.15) is 24.0 Å². The van der Waals surface area contributed by atoms with Crippen molar-refractivity contribution in [2.75, 3.05) is 11.9 Å². The molecule has 19 heavy (non-hydrogen) atoms. The molecule has 2 N–H and O–H groups in total. The van der Waals surface area contributed by atoms with Crippen LogP contribution >= 0.6 is 0 Å². The van der Waals surface area contributed by atoms with E-state index in [1.807, 2.05) is 30.3 Å². The summed E-state index contributed by atoms with van der Waals surface area (Å²) in [7, 11) is 0. The fourth-order valence-electron chi connectivity index (χ4n) is 2.27. The van der Waals surface area contributed by atoms with Gasteiger partial charge in [0.1, 0.15) is 0 Å². The van der Waals surface area contributed by atoms with Gasteiger partial charge in [-0.15, -0.1) is 0 Å². The van der Waals surface area contributed by atoms with Gasteiger partial charge in [-0.2, -0.15) is 0 Å². The summed E-state index contributed by atoms with van der Waals surface area (Å²) in [6.07, 6.45) is 0. The standard InChI is InChI=1S/C17H21NO/c1-13-7-6-10-16(11-13)18-17(12-19)14(2)15-8-4-3-5-9-15/h3-11,14,17-19H,12H2,1-2H3. The zero-order valence-corrected chi connectivity index (χ0v) is 11.5. The van der Waals surface area contributed by atoms with Gasteiger partial charge in [0.2, 0.25) is 0 Å². The Balaban J connectivity index is 2.12. The second kappa shape index (κ2) is 6.39. The summed E-state index contributed by atoms with van der Waals surface area (Å²) in [6.45, 7) is 4.32. The van der Waals surface area contributed by atoms with E-state index >= 15 is 0 Å². The van der Waals surface area contributed by atoms with E-state index in [4.69, 9.17) is 0 Å². The van der Waals surface area contributed by atoms with Crippen molar-refractivity contribution in [1.82, 2.24) is 0 Å². The largest absolute Gasteiger partial charge is 0.394 e. The van der Waals surface area contributed by atoms with Crippen LogP contribution in [0.3, 0.4) is 0 Å². The third kappa shape index (κ3) is 3.58. The molecule has 0 heterocycles. The predicted octanol–water partition coefficient (Wildman–Crippen LogP) is 3.57. The van der Waals surface area contributed by atoms with E-state index in [0.29, 0.717) is 0 Å². The van der Waals surface area contributed by atoms with E-state index in [2.05, 4.69) is 43.4 Å². The maximum absolute atomic E-state index is 9.63. The van der Waals surface area contributed by atoms with Crippen molar-refractivity contribution >= 4 is 5.69 Å². The molecule has 2 atom stereocenters. The van der Waals surface area contributed by atoms with Gasteiger partial charge in [0.15, 0.2) is 0 Å². The van der Waals surface area contributed by atoms with Crippen molar-refractivity contribution in [1.29, 1.82) is 0 Å². The molecule has 2 rings (SSSR count). The Labute approximate surface area is 115 Å². The monoisotopic (exact) mass is 255 g/mol. The molecule has 0 saturated carbocycles. The van der Waals surface area contributed by atoms with E-state index in [1.165, 1.54) is 11.1 Å². The summed E-state index contributed by atoms with van der Waals surface area (Å²) in [5, 5.41) is 13.0. The first-order valence-corrected chi connectivity index (χ1v) is 6.69. The quantitative estimate of drug-likeness (QED) is 0.856. The number of aliphatic hydroxyl groups is 1. The average Bonchev–Trinajstić information content (AvgIpc) is 2.45. The van der Waals surface area contributed by atoms with E-state index in [1.54, 1.807) is 0 Å². The van der Waals surface area contributed by atoms with Gasteiger partial charge >= 0.3 is 0 Å². The molecule has 2 aromatic rings. The minimum Gasteiger partial charge on any atom is -0.394 e. The summed E-state index contributed by atoms with van der Waals surface area (Å²) < 4.78 is 0. The number of hydrogen-bond donors (Lipinski definition) is 2. The molecule has 0 spiro atoms. The van der Waals surface area contributed by atoms with E-state index < -0.39 is 0 Å². The molecule has 2 aromatic carbocycles. The lowest BCUT2D eigenvalue weighted by Gasteiger charge is -2.25. The molecule has 0 aromatic heterocycles. The lowest BCUT2D eigenvalue weighted by atomic mass is 9.93. The summed E-state index contributed by atoms with van der Waals surface area (Å²) >= 11 is 0. The van der Waals surface area contributed by atoms with Crippen LogP contribution in [0.2, 0.25) is 0 Å². The molecule has 100 valence electrons. The predicted molar refractivity (Wildman–Crippen MR) is 80.5 cm³/mol. The first-order chi connectivity index (χ1) is 9.20. The van der Waals surface area contributed by atoms with Crippen molar-refractivity contribution in [2.24, 2.45) is 0 Å². The van der Waals surface area contributed by atoms with Gasteiger partial charge < -0.3 is 10.4 Å². The zero-order valence-electron chi connectivity index (χ0n) is 11.5. The highest BCUT2D eigenvalue weighted by molar-refractivity contribution is 5.47. The van der Waals surface area contributed by atoms with Crippen LogP contribution < -0.4 is 5.32 Å². The second-order valence-corrected chi connectivity index (χ2v) is 5.00. The molecule has 0 bridgehead atoms. The SMILES string of the molecule is Cc1cccc(NC(CO)C(C)c2ccccc2)c1. The molecule has 0 amide bonds. The molecule has 0 aliphatic carbocycles. The second-order valence-electron chi connectivity index (χ2n) is 5.00. The number of benzene rings is 2.